The highest BCUT2D eigenvalue weighted by Gasteiger charge is 2.26. The number of hydrogen-bond donors (Lipinski definition) is 1. The lowest BCUT2D eigenvalue weighted by Crippen LogP contribution is -2.50. The van der Waals surface area contributed by atoms with Crippen molar-refractivity contribution in [3.63, 3.8) is 0 Å². The van der Waals surface area contributed by atoms with Gasteiger partial charge in [-0.2, -0.15) is 0 Å². The molecule has 0 saturated carbocycles. The topological polar surface area (TPSA) is 105 Å². The number of amides is 2. The number of carbonyl (C=O) groups excluding carboxylic acids is 2. The molecule has 1 saturated heterocycles. The average Bonchev–Trinajstić information content (AvgIpc) is 2.82. The zero-order valence-electron chi connectivity index (χ0n) is 19.0. The molecule has 2 aromatic rings. The van der Waals surface area contributed by atoms with Crippen molar-refractivity contribution in [2.45, 2.75) is 18.7 Å². The van der Waals surface area contributed by atoms with Crippen LogP contribution in [-0.2, 0) is 14.8 Å². The number of anilines is 1. The molecular formula is C23H29N3O6S. The van der Waals surface area contributed by atoms with Crippen molar-refractivity contribution in [1.29, 1.82) is 0 Å². The van der Waals surface area contributed by atoms with Crippen LogP contribution < -0.4 is 9.46 Å². The van der Waals surface area contributed by atoms with Crippen molar-refractivity contribution < 1.29 is 27.5 Å². The molecular weight excluding hydrogens is 446 g/mol. The summed E-state index contributed by atoms with van der Waals surface area (Å²) in [5.74, 6) is 0.668. The van der Waals surface area contributed by atoms with Crippen molar-refractivity contribution in [2.75, 3.05) is 44.6 Å². The summed E-state index contributed by atoms with van der Waals surface area (Å²) < 4.78 is 38.1. The first-order valence-corrected chi connectivity index (χ1v) is 12.2. The number of hydrogen-bond acceptors (Lipinski definition) is 6. The Balaban J connectivity index is 1.58. The summed E-state index contributed by atoms with van der Waals surface area (Å²) in [7, 11) is -2.27. The molecule has 1 fully saturated rings. The Kier molecular flexibility index (Phi) is 7.80. The normalized spacial score (nSPS) is 14.2. The highest BCUT2D eigenvalue weighted by molar-refractivity contribution is 7.92. The third-order valence-electron chi connectivity index (χ3n) is 5.12. The maximum absolute atomic E-state index is 12.8. The van der Waals surface area contributed by atoms with E-state index in [1.807, 2.05) is 13.8 Å². The van der Waals surface area contributed by atoms with Crippen molar-refractivity contribution in [1.82, 2.24) is 9.80 Å². The number of sulfonamides is 1. The molecule has 10 heteroatoms. The predicted molar refractivity (Wildman–Crippen MR) is 124 cm³/mol. The number of nitrogens with zero attached hydrogens (tertiary/aromatic N) is 2. The molecule has 0 aliphatic carbocycles. The van der Waals surface area contributed by atoms with Gasteiger partial charge in [-0.1, -0.05) is 13.8 Å². The number of ether oxygens (including phenoxy) is 2. The van der Waals surface area contributed by atoms with E-state index in [1.165, 1.54) is 31.4 Å². The minimum absolute atomic E-state index is 0.0487. The van der Waals surface area contributed by atoms with Gasteiger partial charge >= 0.3 is 6.09 Å². The first kappa shape index (κ1) is 24.4. The second-order valence-corrected chi connectivity index (χ2v) is 9.79. The quantitative estimate of drug-likeness (QED) is 0.660. The van der Waals surface area contributed by atoms with E-state index < -0.39 is 10.0 Å². The van der Waals surface area contributed by atoms with Crippen LogP contribution in [0.3, 0.4) is 0 Å². The van der Waals surface area contributed by atoms with Gasteiger partial charge < -0.3 is 19.3 Å². The molecule has 0 spiro atoms. The van der Waals surface area contributed by atoms with Crippen LogP contribution in [0.1, 0.15) is 24.2 Å². The Morgan fingerprint density at radius 1 is 0.939 bits per heavy atom. The Morgan fingerprint density at radius 2 is 1.52 bits per heavy atom. The standard InChI is InChI=1S/C23H29N3O6S/c1-17(2)16-32-23(28)26-14-12-25(13-15-26)22(27)18-4-10-21(11-5-18)33(29,30)24-19-6-8-20(31-3)9-7-19/h4-11,17,24H,12-16H2,1-3H3. The predicted octanol–water partition coefficient (Wildman–Crippen LogP) is 3.05. The monoisotopic (exact) mass is 475 g/mol. The molecule has 1 heterocycles. The number of carbonyl (C=O) groups is 2. The van der Waals surface area contributed by atoms with Crippen LogP contribution >= 0.6 is 0 Å². The first-order chi connectivity index (χ1) is 15.7. The van der Waals surface area contributed by atoms with E-state index in [4.69, 9.17) is 9.47 Å². The maximum atomic E-state index is 12.8. The summed E-state index contributed by atoms with van der Waals surface area (Å²) in [6, 6.07) is 12.3. The zero-order valence-corrected chi connectivity index (χ0v) is 19.8. The number of rotatable bonds is 7. The second kappa shape index (κ2) is 10.6. The first-order valence-electron chi connectivity index (χ1n) is 10.7. The molecule has 1 N–H and O–H groups in total. The van der Waals surface area contributed by atoms with Crippen molar-refractivity contribution in [2.24, 2.45) is 5.92 Å². The van der Waals surface area contributed by atoms with Crippen molar-refractivity contribution in [3.05, 3.63) is 54.1 Å². The molecule has 3 rings (SSSR count). The molecule has 1 aliphatic rings. The summed E-state index contributed by atoms with van der Waals surface area (Å²) in [5.41, 5.74) is 0.787. The van der Waals surface area contributed by atoms with Gasteiger partial charge in [-0.3, -0.25) is 9.52 Å². The highest BCUT2D eigenvalue weighted by atomic mass is 32.2. The van der Waals surface area contributed by atoms with Crippen LogP contribution in [0.4, 0.5) is 10.5 Å². The molecule has 0 atom stereocenters. The van der Waals surface area contributed by atoms with E-state index in [-0.39, 0.29) is 22.8 Å². The number of piperazine rings is 1. The van der Waals surface area contributed by atoms with E-state index in [1.54, 1.807) is 34.1 Å². The second-order valence-electron chi connectivity index (χ2n) is 8.11. The summed E-state index contributed by atoms with van der Waals surface area (Å²) in [6.07, 6.45) is -0.366. The van der Waals surface area contributed by atoms with E-state index in [0.717, 1.165) is 0 Å². The van der Waals surface area contributed by atoms with Gasteiger partial charge in [0.05, 0.1) is 18.6 Å². The number of benzene rings is 2. The fraction of sp³-hybridized carbons (Fsp3) is 0.391. The lowest BCUT2D eigenvalue weighted by molar-refractivity contribution is 0.0535. The largest absolute Gasteiger partial charge is 0.497 e. The maximum Gasteiger partial charge on any atom is 0.409 e. The minimum Gasteiger partial charge on any atom is -0.497 e. The van der Waals surface area contributed by atoms with Gasteiger partial charge in [0.25, 0.3) is 15.9 Å². The molecule has 178 valence electrons. The van der Waals surface area contributed by atoms with Gasteiger partial charge in [-0.15, -0.1) is 0 Å². The van der Waals surface area contributed by atoms with Gasteiger partial charge in [0.15, 0.2) is 0 Å². The van der Waals surface area contributed by atoms with Crippen molar-refractivity contribution in [3.8, 4) is 5.75 Å². The summed E-state index contributed by atoms with van der Waals surface area (Å²) in [5, 5.41) is 0. The molecule has 0 bridgehead atoms. The lowest BCUT2D eigenvalue weighted by atomic mass is 10.2. The van der Waals surface area contributed by atoms with Crippen LogP contribution in [0.2, 0.25) is 0 Å². The van der Waals surface area contributed by atoms with Crippen LogP contribution in [0.15, 0.2) is 53.4 Å². The molecule has 2 aromatic carbocycles. The Hall–Kier alpha value is -3.27. The van der Waals surface area contributed by atoms with Gasteiger partial charge in [0.1, 0.15) is 5.75 Å². The van der Waals surface area contributed by atoms with Gasteiger partial charge in [-0.25, -0.2) is 13.2 Å². The van der Waals surface area contributed by atoms with Gasteiger partial charge in [0, 0.05) is 37.4 Å². The van der Waals surface area contributed by atoms with Crippen LogP contribution in [-0.4, -0.2) is 70.1 Å². The van der Waals surface area contributed by atoms with Crippen LogP contribution in [0, 0.1) is 5.92 Å². The van der Waals surface area contributed by atoms with E-state index in [9.17, 15) is 18.0 Å². The minimum atomic E-state index is -3.80. The van der Waals surface area contributed by atoms with E-state index >= 15 is 0 Å². The Labute approximate surface area is 194 Å². The molecule has 9 nitrogen and oxygen atoms in total. The molecule has 2 amide bonds. The third kappa shape index (κ3) is 6.38. The summed E-state index contributed by atoms with van der Waals surface area (Å²) in [6.45, 7) is 5.84. The lowest BCUT2D eigenvalue weighted by Gasteiger charge is -2.34. The zero-order chi connectivity index (χ0) is 24.0. The molecule has 33 heavy (non-hydrogen) atoms. The third-order valence-corrected chi connectivity index (χ3v) is 6.52. The Bertz CT molecular complexity index is 1060. The van der Waals surface area contributed by atoms with Crippen molar-refractivity contribution >= 4 is 27.7 Å². The SMILES string of the molecule is COc1ccc(NS(=O)(=O)c2ccc(C(=O)N3CCN(C(=O)OCC(C)C)CC3)cc2)cc1. The molecule has 1 aliphatic heterocycles. The van der Waals surface area contributed by atoms with Crippen LogP contribution in [0.25, 0.3) is 0 Å². The van der Waals surface area contributed by atoms with E-state index in [2.05, 4.69) is 4.72 Å². The fourth-order valence-corrected chi connectivity index (χ4v) is 4.31. The molecule has 0 unspecified atom stereocenters. The molecule has 0 radical (unpaired) electrons. The van der Waals surface area contributed by atoms with Crippen LogP contribution in [0.5, 0.6) is 5.75 Å². The van der Waals surface area contributed by atoms with Gasteiger partial charge in [0.2, 0.25) is 0 Å². The number of methoxy groups -OCH3 is 1. The van der Waals surface area contributed by atoms with E-state index in [0.29, 0.717) is 49.8 Å². The summed E-state index contributed by atoms with van der Waals surface area (Å²) in [4.78, 5) is 28.2. The van der Waals surface area contributed by atoms with Gasteiger partial charge in [-0.05, 0) is 54.4 Å². The average molecular weight is 476 g/mol. The molecule has 0 aromatic heterocycles. The highest BCUT2D eigenvalue weighted by Crippen LogP contribution is 2.20. The fourth-order valence-electron chi connectivity index (χ4n) is 3.25. The number of nitrogens with one attached hydrogen (secondary N) is 1. The smallest absolute Gasteiger partial charge is 0.409 e. The summed E-state index contributed by atoms with van der Waals surface area (Å²) >= 11 is 0. The Morgan fingerprint density at radius 3 is 2.06 bits per heavy atom.